The number of aryl methyl sites for hydroxylation is 1. The van der Waals surface area contributed by atoms with Crippen molar-refractivity contribution in [1.29, 1.82) is 5.26 Å². The molecule has 5 nitrogen and oxygen atoms in total. The van der Waals surface area contributed by atoms with Crippen molar-refractivity contribution in [1.82, 2.24) is 9.62 Å². The molecule has 1 saturated heterocycles. The number of nitrogens with zero attached hydrogens (tertiary/aromatic N) is 2. The monoisotopic (exact) mass is 307 g/mol. The topological polar surface area (TPSA) is 73.2 Å². The molecular formula is C15H21N3O2S. The van der Waals surface area contributed by atoms with Gasteiger partial charge in [-0.2, -0.15) is 5.26 Å². The van der Waals surface area contributed by atoms with Crippen molar-refractivity contribution in [3.05, 3.63) is 29.3 Å². The standard InChI is InChI=1S/C15H21N3O2S/c1-3-18-8-4-5-14(18)11-17-21(19,20)15-7-6-13(10-16)9-12(15)2/h6-7,9,14,17H,3-5,8,11H2,1-2H3. The molecule has 1 N–H and O–H groups in total. The van der Waals surface area contributed by atoms with Crippen molar-refractivity contribution < 1.29 is 8.42 Å². The Morgan fingerprint density at radius 1 is 1.48 bits per heavy atom. The Labute approximate surface area is 126 Å². The van der Waals surface area contributed by atoms with E-state index in [0.717, 1.165) is 25.9 Å². The molecule has 6 heteroatoms. The van der Waals surface area contributed by atoms with Gasteiger partial charge in [-0.25, -0.2) is 13.1 Å². The Balaban J connectivity index is 2.10. The van der Waals surface area contributed by atoms with Gasteiger partial charge in [-0.15, -0.1) is 0 Å². The molecule has 0 aliphatic carbocycles. The van der Waals surface area contributed by atoms with Crippen LogP contribution in [0.3, 0.4) is 0 Å². The minimum Gasteiger partial charge on any atom is -0.299 e. The summed E-state index contributed by atoms with van der Waals surface area (Å²) in [4.78, 5) is 2.55. The number of hydrogen-bond acceptors (Lipinski definition) is 4. The van der Waals surface area contributed by atoms with Gasteiger partial charge in [-0.05, 0) is 56.6 Å². The fraction of sp³-hybridized carbons (Fsp3) is 0.533. The van der Waals surface area contributed by atoms with Crippen molar-refractivity contribution in [2.75, 3.05) is 19.6 Å². The highest BCUT2D eigenvalue weighted by molar-refractivity contribution is 7.89. The lowest BCUT2D eigenvalue weighted by Gasteiger charge is -2.23. The smallest absolute Gasteiger partial charge is 0.240 e. The molecule has 1 aliphatic rings. The fourth-order valence-electron chi connectivity index (χ4n) is 2.85. The number of sulfonamides is 1. The van der Waals surface area contributed by atoms with Crippen LogP contribution in [0.5, 0.6) is 0 Å². The van der Waals surface area contributed by atoms with Gasteiger partial charge in [0.2, 0.25) is 10.0 Å². The van der Waals surface area contributed by atoms with Gasteiger partial charge in [-0.1, -0.05) is 6.92 Å². The van der Waals surface area contributed by atoms with Gasteiger partial charge in [0.1, 0.15) is 0 Å². The predicted molar refractivity (Wildman–Crippen MR) is 81.4 cm³/mol. The molecule has 0 aromatic heterocycles. The molecule has 0 radical (unpaired) electrons. The van der Waals surface area contributed by atoms with Gasteiger partial charge in [0.15, 0.2) is 0 Å². The molecule has 0 spiro atoms. The number of rotatable bonds is 5. The molecule has 1 atom stereocenters. The molecule has 1 unspecified atom stereocenters. The largest absolute Gasteiger partial charge is 0.299 e. The number of likely N-dealkylation sites (N-methyl/N-ethyl adjacent to an activating group) is 1. The van der Waals surface area contributed by atoms with Crippen LogP contribution in [0.1, 0.15) is 30.9 Å². The number of nitrogens with one attached hydrogen (secondary N) is 1. The van der Waals surface area contributed by atoms with Crippen molar-refractivity contribution >= 4 is 10.0 Å². The first-order chi connectivity index (χ1) is 9.97. The van der Waals surface area contributed by atoms with Gasteiger partial charge in [0.05, 0.1) is 16.5 Å². The minimum atomic E-state index is -3.52. The highest BCUT2D eigenvalue weighted by atomic mass is 32.2. The second-order valence-corrected chi connectivity index (χ2v) is 7.10. The third kappa shape index (κ3) is 3.62. The van der Waals surface area contributed by atoms with Crippen molar-refractivity contribution in [2.45, 2.75) is 37.6 Å². The third-order valence-corrected chi connectivity index (χ3v) is 5.59. The van der Waals surface area contributed by atoms with Gasteiger partial charge in [0, 0.05) is 12.6 Å². The molecule has 1 aliphatic heterocycles. The molecule has 1 fully saturated rings. The van der Waals surface area contributed by atoms with E-state index >= 15 is 0 Å². The Bertz CT molecular complexity index is 649. The summed E-state index contributed by atoms with van der Waals surface area (Å²) in [7, 11) is -3.52. The summed E-state index contributed by atoms with van der Waals surface area (Å²) in [5, 5.41) is 8.84. The van der Waals surface area contributed by atoms with E-state index in [4.69, 9.17) is 5.26 Å². The van der Waals surface area contributed by atoms with Crippen LogP contribution >= 0.6 is 0 Å². The van der Waals surface area contributed by atoms with Crippen LogP contribution in [0.2, 0.25) is 0 Å². The van der Waals surface area contributed by atoms with E-state index in [2.05, 4.69) is 16.5 Å². The molecule has 0 saturated carbocycles. The van der Waals surface area contributed by atoms with Crippen LogP contribution in [0.25, 0.3) is 0 Å². The molecule has 114 valence electrons. The predicted octanol–water partition coefficient (Wildman–Crippen LogP) is 1.63. The summed E-state index contributed by atoms with van der Waals surface area (Å²) in [6.07, 6.45) is 2.15. The van der Waals surface area contributed by atoms with E-state index in [-0.39, 0.29) is 10.9 Å². The van der Waals surface area contributed by atoms with E-state index in [0.29, 0.717) is 17.7 Å². The second kappa shape index (κ2) is 6.56. The number of benzene rings is 1. The van der Waals surface area contributed by atoms with Gasteiger partial charge in [0.25, 0.3) is 0 Å². The zero-order chi connectivity index (χ0) is 15.5. The van der Waals surface area contributed by atoms with Crippen molar-refractivity contribution in [3.8, 4) is 6.07 Å². The first-order valence-corrected chi connectivity index (χ1v) is 8.70. The lowest BCUT2D eigenvalue weighted by atomic mass is 10.2. The highest BCUT2D eigenvalue weighted by Gasteiger charge is 2.25. The lowest BCUT2D eigenvalue weighted by molar-refractivity contribution is 0.268. The number of nitriles is 1. The summed E-state index contributed by atoms with van der Waals surface area (Å²) in [5.74, 6) is 0. The minimum absolute atomic E-state index is 0.252. The summed E-state index contributed by atoms with van der Waals surface area (Å²) in [5.41, 5.74) is 1.07. The van der Waals surface area contributed by atoms with Crippen LogP contribution in [0.4, 0.5) is 0 Å². The van der Waals surface area contributed by atoms with Crippen molar-refractivity contribution in [2.24, 2.45) is 0 Å². The van der Waals surface area contributed by atoms with Gasteiger partial charge < -0.3 is 0 Å². The summed E-state index contributed by atoms with van der Waals surface area (Å²) >= 11 is 0. The molecular weight excluding hydrogens is 286 g/mol. The van der Waals surface area contributed by atoms with E-state index in [1.165, 1.54) is 12.1 Å². The molecule has 2 rings (SSSR count). The Hall–Kier alpha value is -1.42. The highest BCUT2D eigenvalue weighted by Crippen LogP contribution is 2.19. The maximum absolute atomic E-state index is 12.4. The van der Waals surface area contributed by atoms with E-state index in [9.17, 15) is 8.42 Å². The molecule has 0 amide bonds. The van der Waals surface area contributed by atoms with Gasteiger partial charge in [-0.3, -0.25) is 4.90 Å². The summed E-state index contributed by atoms with van der Waals surface area (Å²) in [6, 6.07) is 6.93. The summed E-state index contributed by atoms with van der Waals surface area (Å²) in [6.45, 7) is 6.23. The average molecular weight is 307 g/mol. The quantitative estimate of drug-likeness (QED) is 0.897. The van der Waals surface area contributed by atoms with E-state index in [1.807, 2.05) is 6.07 Å². The molecule has 1 heterocycles. The van der Waals surface area contributed by atoms with Crippen LogP contribution in [-0.4, -0.2) is 39.0 Å². The maximum Gasteiger partial charge on any atom is 0.240 e. The third-order valence-electron chi connectivity index (χ3n) is 4.01. The Kier molecular flexibility index (Phi) is 4.99. The molecule has 1 aromatic carbocycles. The zero-order valence-corrected chi connectivity index (χ0v) is 13.3. The first-order valence-electron chi connectivity index (χ1n) is 7.22. The van der Waals surface area contributed by atoms with Crippen LogP contribution < -0.4 is 4.72 Å². The molecule has 0 bridgehead atoms. The summed E-state index contributed by atoms with van der Waals surface area (Å²) < 4.78 is 27.5. The van der Waals surface area contributed by atoms with Crippen LogP contribution in [0.15, 0.2) is 23.1 Å². The fourth-order valence-corrected chi connectivity index (χ4v) is 4.14. The van der Waals surface area contributed by atoms with Crippen LogP contribution in [0, 0.1) is 18.3 Å². The number of likely N-dealkylation sites (tertiary alicyclic amines) is 1. The second-order valence-electron chi connectivity index (χ2n) is 5.37. The Morgan fingerprint density at radius 3 is 2.86 bits per heavy atom. The lowest BCUT2D eigenvalue weighted by Crippen LogP contribution is -2.40. The SMILES string of the molecule is CCN1CCCC1CNS(=O)(=O)c1ccc(C#N)cc1C. The molecule has 1 aromatic rings. The first kappa shape index (κ1) is 16.0. The number of hydrogen-bond donors (Lipinski definition) is 1. The Morgan fingerprint density at radius 2 is 2.24 bits per heavy atom. The van der Waals surface area contributed by atoms with E-state index < -0.39 is 10.0 Å². The normalized spacial score (nSPS) is 19.6. The van der Waals surface area contributed by atoms with E-state index in [1.54, 1.807) is 13.0 Å². The van der Waals surface area contributed by atoms with Crippen molar-refractivity contribution in [3.63, 3.8) is 0 Å². The van der Waals surface area contributed by atoms with Crippen LogP contribution in [-0.2, 0) is 10.0 Å². The molecule has 21 heavy (non-hydrogen) atoms. The van der Waals surface area contributed by atoms with Gasteiger partial charge >= 0.3 is 0 Å². The average Bonchev–Trinajstić information content (AvgIpc) is 2.92. The maximum atomic E-state index is 12.4. The zero-order valence-electron chi connectivity index (χ0n) is 12.5.